The van der Waals surface area contributed by atoms with Gasteiger partial charge in [-0.15, -0.1) is 0 Å². The number of carbonyl (C=O) groups excluding carboxylic acids is 2. The van der Waals surface area contributed by atoms with Crippen LogP contribution >= 0.6 is 15.9 Å². The van der Waals surface area contributed by atoms with E-state index in [1.165, 1.54) is 24.3 Å². The van der Waals surface area contributed by atoms with Crippen molar-refractivity contribution in [2.45, 2.75) is 18.9 Å². The van der Waals surface area contributed by atoms with Gasteiger partial charge in [-0.1, -0.05) is 15.9 Å². The number of amides is 2. The summed E-state index contributed by atoms with van der Waals surface area (Å²) in [6.45, 7) is 1.13. The molecule has 0 unspecified atom stereocenters. The van der Waals surface area contributed by atoms with Crippen molar-refractivity contribution >= 4 is 33.8 Å². The molecule has 0 bridgehead atoms. The van der Waals surface area contributed by atoms with Gasteiger partial charge in [-0.05, 0) is 61.4 Å². The molecule has 2 aromatic carbocycles. The third-order valence-electron chi connectivity index (χ3n) is 4.85. The number of piperidine rings is 1. The largest absolute Gasteiger partial charge is 0.496 e. The number of rotatable bonds is 5. The van der Waals surface area contributed by atoms with E-state index in [2.05, 4.69) is 21.2 Å². The zero-order valence-corrected chi connectivity index (χ0v) is 17.6. The SMILES string of the molecule is COc1ccc(Br)cc1/C=C/C(=O)N1CCC(NC(=O)c2ccc(F)cc2)CC1. The van der Waals surface area contributed by atoms with Crippen LogP contribution in [0, 0.1) is 5.82 Å². The molecule has 152 valence electrons. The van der Waals surface area contributed by atoms with E-state index in [0.717, 1.165) is 10.0 Å². The van der Waals surface area contributed by atoms with Gasteiger partial charge in [0.25, 0.3) is 5.91 Å². The Labute approximate surface area is 177 Å². The number of nitrogens with zero attached hydrogens (tertiary/aromatic N) is 1. The topological polar surface area (TPSA) is 58.6 Å². The van der Waals surface area contributed by atoms with Gasteiger partial charge in [-0.3, -0.25) is 9.59 Å². The molecule has 1 fully saturated rings. The number of halogens is 2. The first-order chi connectivity index (χ1) is 14.0. The summed E-state index contributed by atoms with van der Waals surface area (Å²) in [4.78, 5) is 26.5. The van der Waals surface area contributed by atoms with Gasteiger partial charge in [0, 0.05) is 40.8 Å². The Kier molecular flexibility index (Phi) is 7.04. The molecule has 29 heavy (non-hydrogen) atoms. The predicted octanol–water partition coefficient (Wildman–Crippen LogP) is 4.03. The summed E-state index contributed by atoms with van der Waals surface area (Å²) in [6.07, 6.45) is 4.63. The number of carbonyl (C=O) groups is 2. The lowest BCUT2D eigenvalue weighted by Crippen LogP contribution is -2.46. The molecule has 1 N–H and O–H groups in total. The minimum Gasteiger partial charge on any atom is -0.496 e. The standard InChI is InChI=1S/C22H22BrFN2O3/c1-29-20-8-5-17(23)14-16(20)4-9-21(27)26-12-10-19(11-13-26)25-22(28)15-2-6-18(24)7-3-15/h2-9,14,19H,10-13H2,1H3,(H,25,28)/b9-4+. The summed E-state index contributed by atoms with van der Waals surface area (Å²) in [5, 5.41) is 2.95. The fourth-order valence-electron chi connectivity index (χ4n) is 3.22. The molecule has 0 spiro atoms. The van der Waals surface area contributed by atoms with E-state index in [4.69, 9.17) is 4.74 Å². The average molecular weight is 461 g/mol. The highest BCUT2D eigenvalue weighted by Gasteiger charge is 2.23. The number of hydrogen-bond donors (Lipinski definition) is 1. The van der Waals surface area contributed by atoms with Gasteiger partial charge in [0.1, 0.15) is 11.6 Å². The third-order valence-corrected chi connectivity index (χ3v) is 5.34. The van der Waals surface area contributed by atoms with Gasteiger partial charge in [-0.2, -0.15) is 0 Å². The maximum absolute atomic E-state index is 13.0. The molecule has 0 radical (unpaired) electrons. The Bertz CT molecular complexity index is 907. The Morgan fingerprint density at radius 2 is 1.86 bits per heavy atom. The van der Waals surface area contributed by atoms with Crippen molar-refractivity contribution in [1.29, 1.82) is 0 Å². The molecule has 1 aliphatic heterocycles. The molecule has 1 saturated heterocycles. The van der Waals surface area contributed by atoms with Crippen molar-refractivity contribution in [3.63, 3.8) is 0 Å². The van der Waals surface area contributed by atoms with Crippen LogP contribution in [-0.2, 0) is 4.79 Å². The number of nitrogens with one attached hydrogen (secondary N) is 1. The second-order valence-electron chi connectivity index (χ2n) is 6.80. The lowest BCUT2D eigenvalue weighted by atomic mass is 10.0. The zero-order valence-electron chi connectivity index (χ0n) is 16.0. The van der Waals surface area contributed by atoms with E-state index < -0.39 is 0 Å². The molecule has 2 aromatic rings. The molecule has 2 amide bonds. The van der Waals surface area contributed by atoms with Crippen molar-refractivity contribution in [3.8, 4) is 5.75 Å². The van der Waals surface area contributed by atoms with Crippen LogP contribution in [0.25, 0.3) is 6.08 Å². The maximum atomic E-state index is 13.0. The molecule has 0 aromatic heterocycles. The van der Waals surface area contributed by atoms with Gasteiger partial charge in [-0.25, -0.2) is 4.39 Å². The lowest BCUT2D eigenvalue weighted by Gasteiger charge is -2.31. The second kappa shape index (κ2) is 9.69. The number of benzene rings is 2. The van der Waals surface area contributed by atoms with E-state index >= 15 is 0 Å². The van der Waals surface area contributed by atoms with Crippen molar-refractivity contribution in [3.05, 3.63) is 70.0 Å². The smallest absolute Gasteiger partial charge is 0.251 e. The average Bonchev–Trinajstić information content (AvgIpc) is 2.73. The quantitative estimate of drug-likeness (QED) is 0.685. The van der Waals surface area contributed by atoms with Gasteiger partial charge in [0.15, 0.2) is 0 Å². The Hall–Kier alpha value is -2.67. The fraction of sp³-hybridized carbons (Fsp3) is 0.273. The van der Waals surface area contributed by atoms with E-state index in [1.54, 1.807) is 24.2 Å². The molecule has 0 saturated carbocycles. The molecule has 1 heterocycles. The van der Waals surface area contributed by atoms with Crippen LogP contribution in [0.15, 0.2) is 53.0 Å². The number of ether oxygens (including phenoxy) is 1. The molecule has 5 nitrogen and oxygen atoms in total. The minimum atomic E-state index is -0.373. The molecule has 0 atom stereocenters. The second-order valence-corrected chi connectivity index (χ2v) is 7.72. The van der Waals surface area contributed by atoms with Crippen molar-refractivity contribution < 1.29 is 18.7 Å². The predicted molar refractivity (Wildman–Crippen MR) is 113 cm³/mol. The van der Waals surface area contributed by atoms with E-state index in [-0.39, 0.29) is 23.7 Å². The zero-order chi connectivity index (χ0) is 20.8. The van der Waals surface area contributed by atoms with Crippen LogP contribution < -0.4 is 10.1 Å². The summed E-state index contributed by atoms with van der Waals surface area (Å²) in [5.41, 5.74) is 1.24. The fourth-order valence-corrected chi connectivity index (χ4v) is 3.59. The number of methoxy groups -OCH3 is 1. The van der Waals surface area contributed by atoms with Gasteiger partial charge in [0.05, 0.1) is 7.11 Å². The number of hydrogen-bond acceptors (Lipinski definition) is 3. The first kappa shape index (κ1) is 21.0. The lowest BCUT2D eigenvalue weighted by molar-refractivity contribution is -0.126. The summed E-state index contributed by atoms with van der Waals surface area (Å²) < 4.78 is 19.2. The Morgan fingerprint density at radius 1 is 1.17 bits per heavy atom. The van der Waals surface area contributed by atoms with Crippen LogP contribution in [-0.4, -0.2) is 43.0 Å². The van der Waals surface area contributed by atoms with Crippen LogP contribution in [0.5, 0.6) is 5.75 Å². The van der Waals surface area contributed by atoms with Crippen LogP contribution in [0.2, 0.25) is 0 Å². The van der Waals surface area contributed by atoms with Gasteiger partial charge in [0.2, 0.25) is 5.91 Å². The molecular weight excluding hydrogens is 439 g/mol. The number of likely N-dealkylation sites (tertiary alicyclic amines) is 1. The van der Waals surface area contributed by atoms with E-state index in [9.17, 15) is 14.0 Å². The molecule has 1 aliphatic rings. The Balaban J connectivity index is 1.52. The summed E-state index contributed by atoms with van der Waals surface area (Å²) in [6, 6.07) is 11.1. The monoisotopic (exact) mass is 460 g/mol. The van der Waals surface area contributed by atoms with E-state index in [0.29, 0.717) is 37.2 Å². The van der Waals surface area contributed by atoms with Crippen molar-refractivity contribution in [2.24, 2.45) is 0 Å². The van der Waals surface area contributed by atoms with E-state index in [1.807, 2.05) is 18.2 Å². The van der Waals surface area contributed by atoms with Crippen LogP contribution in [0.1, 0.15) is 28.8 Å². The molecular formula is C22H22BrFN2O3. The van der Waals surface area contributed by atoms with Gasteiger partial charge < -0.3 is 15.0 Å². The Morgan fingerprint density at radius 3 is 2.52 bits per heavy atom. The highest BCUT2D eigenvalue weighted by Crippen LogP contribution is 2.24. The maximum Gasteiger partial charge on any atom is 0.251 e. The molecule has 3 rings (SSSR count). The van der Waals surface area contributed by atoms with Crippen LogP contribution in [0.4, 0.5) is 4.39 Å². The first-order valence-corrected chi connectivity index (χ1v) is 10.1. The minimum absolute atomic E-state index is 0.00856. The van der Waals surface area contributed by atoms with Crippen LogP contribution in [0.3, 0.4) is 0 Å². The summed E-state index contributed by atoms with van der Waals surface area (Å²) in [7, 11) is 1.59. The first-order valence-electron chi connectivity index (χ1n) is 9.33. The van der Waals surface area contributed by atoms with Crippen molar-refractivity contribution in [1.82, 2.24) is 10.2 Å². The summed E-state index contributed by atoms with van der Waals surface area (Å²) in [5.74, 6) is 0.0214. The third kappa shape index (κ3) is 5.67. The normalized spacial score (nSPS) is 14.8. The highest BCUT2D eigenvalue weighted by molar-refractivity contribution is 9.10. The van der Waals surface area contributed by atoms with Crippen molar-refractivity contribution in [2.75, 3.05) is 20.2 Å². The molecule has 7 heteroatoms. The molecule has 0 aliphatic carbocycles. The van der Waals surface area contributed by atoms with Gasteiger partial charge >= 0.3 is 0 Å². The summed E-state index contributed by atoms with van der Waals surface area (Å²) >= 11 is 3.42. The highest BCUT2D eigenvalue weighted by atomic mass is 79.9.